The minimum Gasteiger partial charge on any atom is -0.482 e. The molecular formula is C25H30N2O3. The Morgan fingerprint density at radius 3 is 2.50 bits per heavy atom. The molecule has 1 aromatic heterocycles. The van der Waals surface area contributed by atoms with Crippen LogP contribution in [0.3, 0.4) is 0 Å². The van der Waals surface area contributed by atoms with E-state index >= 15 is 0 Å². The van der Waals surface area contributed by atoms with Gasteiger partial charge in [0, 0.05) is 31.1 Å². The van der Waals surface area contributed by atoms with Crippen molar-refractivity contribution in [1.82, 2.24) is 4.57 Å². The topological polar surface area (TPSA) is 52.5 Å². The molecule has 0 aliphatic rings. The number of benzene rings is 2. The summed E-state index contributed by atoms with van der Waals surface area (Å²) in [6.07, 6.45) is 2.50. The van der Waals surface area contributed by atoms with Gasteiger partial charge in [-0.05, 0) is 50.6 Å². The van der Waals surface area contributed by atoms with Gasteiger partial charge in [-0.3, -0.25) is 4.79 Å². The first-order valence-corrected chi connectivity index (χ1v) is 10.4. The SMILES string of the molecule is CC=C(CC)Oc1c(OC(C)C)c(=O)n(C)c2cc(NCc3ccccc3)ccc12. The molecule has 0 unspecified atom stereocenters. The normalized spacial score (nSPS) is 11.7. The molecule has 0 aliphatic carbocycles. The third-order valence-electron chi connectivity index (χ3n) is 4.91. The average Bonchev–Trinajstić information content (AvgIpc) is 2.76. The van der Waals surface area contributed by atoms with E-state index in [9.17, 15) is 4.79 Å². The summed E-state index contributed by atoms with van der Waals surface area (Å²) >= 11 is 0. The summed E-state index contributed by atoms with van der Waals surface area (Å²) in [5, 5.41) is 4.27. The quantitative estimate of drug-likeness (QED) is 0.493. The van der Waals surface area contributed by atoms with Crippen molar-refractivity contribution in [3.63, 3.8) is 0 Å². The number of aryl methyl sites for hydroxylation is 1. The minimum atomic E-state index is -0.210. The maximum atomic E-state index is 13.1. The molecule has 158 valence electrons. The molecule has 30 heavy (non-hydrogen) atoms. The van der Waals surface area contributed by atoms with Crippen molar-refractivity contribution in [1.29, 1.82) is 0 Å². The summed E-state index contributed by atoms with van der Waals surface area (Å²) in [6, 6.07) is 16.2. The predicted molar refractivity (Wildman–Crippen MR) is 123 cm³/mol. The van der Waals surface area contributed by atoms with Crippen molar-refractivity contribution >= 4 is 16.6 Å². The number of rotatable bonds is 8. The first-order valence-electron chi connectivity index (χ1n) is 10.4. The van der Waals surface area contributed by atoms with Gasteiger partial charge < -0.3 is 19.4 Å². The Labute approximate surface area is 177 Å². The van der Waals surface area contributed by atoms with Crippen molar-refractivity contribution < 1.29 is 9.47 Å². The second-order valence-electron chi connectivity index (χ2n) is 7.47. The molecule has 0 saturated carbocycles. The van der Waals surface area contributed by atoms with Crippen LogP contribution in [-0.2, 0) is 13.6 Å². The zero-order valence-corrected chi connectivity index (χ0v) is 18.4. The molecule has 3 rings (SSSR count). The minimum absolute atomic E-state index is 0.139. The second kappa shape index (κ2) is 9.53. The fraction of sp³-hybridized carbons (Fsp3) is 0.320. The van der Waals surface area contributed by atoms with E-state index in [1.54, 1.807) is 11.6 Å². The summed E-state index contributed by atoms with van der Waals surface area (Å²) < 4.78 is 13.7. The van der Waals surface area contributed by atoms with Gasteiger partial charge in [0.15, 0.2) is 5.75 Å². The molecule has 0 bridgehead atoms. The first-order chi connectivity index (χ1) is 14.4. The van der Waals surface area contributed by atoms with E-state index < -0.39 is 0 Å². The zero-order chi connectivity index (χ0) is 21.7. The van der Waals surface area contributed by atoms with E-state index in [2.05, 4.69) is 17.4 Å². The average molecular weight is 407 g/mol. The van der Waals surface area contributed by atoms with Gasteiger partial charge in [0.25, 0.3) is 5.56 Å². The van der Waals surface area contributed by atoms with E-state index in [-0.39, 0.29) is 17.4 Å². The summed E-state index contributed by atoms with van der Waals surface area (Å²) in [5.41, 5.74) is 2.71. The fourth-order valence-corrected chi connectivity index (χ4v) is 3.30. The maximum Gasteiger partial charge on any atom is 0.297 e. The number of anilines is 1. The van der Waals surface area contributed by atoms with Crippen LogP contribution in [0.25, 0.3) is 10.9 Å². The van der Waals surface area contributed by atoms with Gasteiger partial charge in [0.05, 0.1) is 17.4 Å². The lowest BCUT2D eigenvalue weighted by Gasteiger charge is -2.19. The van der Waals surface area contributed by atoms with Gasteiger partial charge in [0.1, 0.15) is 0 Å². The van der Waals surface area contributed by atoms with E-state index in [1.807, 2.05) is 70.2 Å². The largest absolute Gasteiger partial charge is 0.482 e. The number of allylic oxidation sites excluding steroid dienone is 2. The Morgan fingerprint density at radius 1 is 1.13 bits per heavy atom. The molecule has 1 heterocycles. The lowest BCUT2D eigenvalue weighted by Crippen LogP contribution is -2.23. The fourth-order valence-electron chi connectivity index (χ4n) is 3.30. The summed E-state index contributed by atoms with van der Waals surface area (Å²) in [7, 11) is 1.76. The predicted octanol–water partition coefficient (Wildman–Crippen LogP) is 5.63. The van der Waals surface area contributed by atoms with Crippen LogP contribution in [0.1, 0.15) is 39.7 Å². The number of nitrogens with one attached hydrogen (secondary N) is 1. The lowest BCUT2D eigenvalue weighted by atomic mass is 10.1. The number of nitrogens with zero attached hydrogens (tertiary/aromatic N) is 1. The summed E-state index contributed by atoms with van der Waals surface area (Å²) in [6.45, 7) is 8.46. The number of fused-ring (bicyclic) bond motifs is 1. The van der Waals surface area contributed by atoms with Crippen LogP contribution in [0.2, 0.25) is 0 Å². The standard InChI is InChI=1S/C25H30N2O3/c1-6-20(7-2)30-23-21-14-13-19(26-16-18-11-9-8-10-12-18)15-22(21)27(5)25(28)24(23)29-17(3)4/h6,8-15,17,26H,7,16H2,1-5H3. The molecule has 1 N–H and O–H groups in total. The van der Waals surface area contributed by atoms with Crippen molar-refractivity contribution in [3.8, 4) is 11.5 Å². The van der Waals surface area contributed by atoms with Crippen LogP contribution in [0, 0.1) is 0 Å². The highest BCUT2D eigenvalue weighted by molar-refractivity contribution is 5.90. The number of ether oxygens (including phenoxy) is 2. The van der Waals surface area contributed by atoms with Crippen molar-refractivity contribution in [3.05, 3.63) is 76.3 Å². The molecule has 5 nitrogen and oxygen atoms in total. The van der Waals surface area contributed by atoms with Crippen LogP contribution in [-0.4, -0.2) is 10.7 Å². The third kappa shape index (κ3) is 4.67. The molecule has 0 saturated heterocycles. The molecule has 0 aliphatic heterocycles. The van der Waals surface area contributed by atoms with Crippen LogP contribution < -0.4 is 20.3 Å². The summed E-state index contributed by atoms with van der Waals surface area (Å²) in [5.74, 6) is 1.52. The Balaban J connectivity index is 2.08. The van der Waals surface area contributed by atoms with Gasteiger partial charge in [0.2, 0.25) is 5.75 Å². The van der Waals surface area contributed by atoms with Crippen LogP contribution in [0.15, 0.2) is 65.2 Å². The lowest BCUT2D eigenvalue weighted by molar-refractivity contribution is 0.226. The maximum absolute atomic E-state index is 13.1. The van der Waals surface area contributed by atoms with Gasteiger partial charge in [-0.25, -0.2) is 0 Å². The van der Waals surface area contributed by atoms with E-state index in [0.717, 1.165) is 28.8 Å². The molecular weight excluding hydrogens is 376 g/mol. The molecule has 0 atom stereocenters. The van der Waals surface area contributed by atoms with E-state index in [0.29, 0.717) is 12.3 Å². The molecule has 2 aromatic carbocycles. The second-order valence-corrected chi connectivity index (χ2v) is 7.47. The molecule has 0 spiro atoms. The van der Waals surface area contributed by atoms with E-state index in [1.165, 1.54) is 5.56 Å². The van der Waals surface area contributed by atoms with Crippen LogP contribution in [0.5, 0.6) is 11.5 Å². The zero-order valence-electron chi connectivity index (χ0n) is 18.4. The summed E-state index contributed by atoms with van der Waals surface area (Å²) in [4.78, 5) is 13.1. The molecule has 0 fully saturated rings. The number of aromatic nitrogens is 1. The van der Waals surface area contributed by atoms with Crippen molar-refractivity contribution in [2.24, 2.45) is 7.05 Å². The molecule has 0 amide bonds. The van der Waals surface area contributed by atoms with E-state index in [4.69, 9.17) is 9.47 Å². The van der Waals surface area contributed by atoms with Gasteiger partial charge in [-0.2, -0.15) is 0 Å². The third-order valence-corrected chi connectivity index (χ3v) is 4.91. The van der Waals surface area contributed by atoms with Crippen molar-refractivity contribution in [2.45, 2.75) is 46.8 Å². The Bertz CT molecular complexity index is 1100. The van der Waals surface area contributed by atoms with Gasteiger partial charge in [-0.15, -0.1) is 0 Å². The highest BCUT2D eigenvalue weighted by Gasteiger charge is 2.20. The Kier molecular flexibility index (Phi) is 6.83. The Morgan fingerprint density at radius 2 is 1.87 bits per heavy atom. The highest BCUT2D eigenvalue weighted by Crippen LogP contribution is 2.36. The number of pyridine rings is 1. The highest BCUT2D eigenvalue weighted by atomic mass is 16.5. The van der Waals surface area contributed by atoms with Gasteiger partial charge in [-0.1, -0.05) is 37.3 Å². The monoisotopic (exact) mass is 406 g/mol. The number of hydrogen-bond acceptors (Lipinski definition) is 4. The van der Waals surface area contributed by atoms with Crippen molar-refractivity contribution in [2.75, 3.05) is 5.32 Å². The van der Waals surface area contributed by atoms with Gasteiger partial charge >= 0.3 is 0 Å². The first kappa shape index (κ1) is 21.5. The van der Waals surface area contributed by atoms with Crippen LogP contribution in [0.4, 0.5) is 5.69 Å². The van der Waals surface area contributed by atoms with Crippen LogP contribution >= 0.6 is 0 Å². The molecule has 3 aromatic rings. The smallest absolute Gasteiger partial charge is 0.297 e. The Hall–Kier alpha value is -3.21. The molecule has 5 heteroatoms. The number of hydrogen-bond donors (Lipinski definition) is 1. The molecule has 0 radical (unpaired) electrons.